The number of methoxy groups -OCH3 is 2. The number of nitrogens with zero attached hydrogens (tertiary/aromatic N) is 1. The summed E-state index contributed by atoms with van der Waals surface area (Å²) in [6.07, 6.45) is 1.38. The molecule has 5 heteroatoms. The largest absolute Gasteiger partial charge is 0.383 e. The van der Waals surface area contributed by atoms with Crippen molar-refractivity contribution < 1.29 is 9.47 Å². The molecule has 0 amide bonds. The van der Waals surface area contributed by atoms with E-state index in [9.17, 15) is 0 Å². The highest BCUT2D eigenvalue weighted by molar-refractivity contribution is 6.33. The Hall–Kier alpha value is -0.810. The molecule has 0 aliphatic carbocycles. The third kappa shape index (κ3) is 4.09. The van der Waals surface area contributed by atoms with E-state index in [0.717, 1.165) is 49.9 Å². The molecular weight excluding hydrogens is 276 g/mol. The van der Waals surface area contributed by atoms with Crippen LogP contribution < -0.4 is 10.2 Å². The van der Waals surface area contributed by atoms with E-state index < -0.39 is 0 Å². The van der Waals surface area contributed by atoms with Gasteiger partial charge in [-0.2, -0.15) is 0 Å². The molecular formula is C15H23ClN2O2. The van der Waals surface area contributed by atoms with Gasteiger partial charge in [0.25, 0.3) is 0 Å². The van der Waals surface area contributed by atoms with Crippen LogP contribution in [-0.2, 0) is 16.0 Å². The van der Waals surface area contributed by atoms with E-state index in [1.165, 1.54) is 5.56 Å². The van der Waals surface area contributed by atoms with Crippen molar-refractivity contribution in [1.82, 2.24) is 5.32 Å². The summed E-state index contributed by atoms with van der Waals surface area (Å²) < 4.78 is 10.4. The summed E-state index contributed by atoms with van der Waals surface area (Å²) in [4.78, 5) is 2.29. The van der Waals surface area contributed by atoms with Crippen LogP contribution >= 0.6 is 11.6 Å². The van der Waals surface area contributed by atoms with Crippen molar-refractivity contribution in [2.24, 2.45) is 0 Å². The lowest BCUT2D eigenvalue weighted by molar-refractivity contribution is 0.121. The van der Waals surface area contributed by atoms with Crippen molar-refractivity contribution in [2.75, 3.05) is 45.4 Å². The van der Waals surface area contributed by atoms with Crippen LogP contribution in [0.1, 0.15) is 12.0 Å². The van der Waals surface area contributed by atoms with Gasteiger partial charge in [-0.1, -0.05) is 17.7 Å². The summed E-state index contributed by atoms with van der Waals surface area (Å²) in [5, 5.41) is 4.13. The minimum atomic E-state index is 0.321. The lowest BCUT2D eigenvalue weighted by atomic mass is 10.2. The van der Waals surface area contributed by atoms with Crippen molar-refractivity contribution in [1.29, 1.82) is 0 Å². The van der Waals surface area contributed by atoms with Gasteiger partial charge in [0.2, 0.25) is 0 Å². The summed E-state index contributed by atoms with van der Waals surface area (Å²) in [5.74, 6) is 0. The van der Waals surface area contributed by atoms with Gasteiger partial charge in [-0.15, -0.1) is 0 Å². The number of hydrogen-bond acceptors (Lipinski definition) is 4. The van der Waals surface area contributed by atoms with E-state index in [2.05, 4.69) is 22.3 Å². The van der Waals surface area contributed by atoms with E-state index >= 15 is 0 Å². The third-order valence-corrected chi connectivity index (χ3v) is 3.95. The Morgan fingerprint density at radius 3 is 2.90 bits per heavy atom. The van der Waals surface area contributed by atoms with E-state index in [4.69, 9.17) is 21.1 Å². The number of halogens is 1. The van der Waals surface area contributed by atoms with Crippen LogP contribution in [0.15, 0.2) is 18.2 Å². The number of nitrogens with one attached hydrogen (secondary N) is 1. The SMILES string of the molecule is COCCNCc1ccc(N2CCC(OC)C2)c(Cl)c1. The first-order valence-corrected chi connectivity index (χ1v) is 7.38. The predicted molar refractivity (Wildman–Crippen MR) is 82.7 cm³/mol. The molecule has 0 saturated carbocycles. The number of benzene rings is 1. The summed E-state index contributed by atoms with van der Waals surface area (Å²) >= 11 is 6.41. The van der Waals surface area contributed by atoms with Gasteiger partial charge < -0.3 is 19.7 Å². The van der Waals surface area contributed by atoms with Crippen molar-refractivity contribution in [3.63, 3.8) is 0 Å². The van der Waals surface area contributed by atoms with E-state index in [1.807, 2.05) is 6.07 Å². The van der Waals surface area contributed by atoms with Crippen LogP contribution in [0.2, 0.25) is 5.02 Å². The fourth-order valence-electron chi connectivity index (χ4n) is 2.46. The van der Waals surface area contributed by atoms with E-state index in [1.54, 1.807) is 14.2 Å². The number of ether oxygens (including phenoxy) is 2. The molecule has 0 aromatic heterocycles. The molecule has 0 spiro atoms. The summed E-state index contributed by atoms with van der Waals surface area (Å²) in [6.45, 7) is 4.30. The maximum atomic E-state index is 6.41. The minimum absolute atomic E-state index is 0.321. The Labute approximate surface area is 126 Å². The van der Waals surface area contributed by atoms with Crippen molar-refractivity contribution in [3.8, 4) is 0 Å². The summed E-state index contributed by atoms with van der Waals surface area (Å²) in [6, 6.07) is 6.27. The van der Waals surface area contributed by atoms with Crippen molar-refractivity contribution >= 4 is 17.3 Å². The second kappa shape index (κ2) is 7.84. The molecule has 2 rings (SSSR count). The lowest BCUT2D eigenvalue weighted by Gasteiger charge is -2.20. The zero-order valence-electron chi connectivity index (χ0n) is 12.2. The Kier molecular flexibility index (Phi) is 6.10. The highest BCUT2D eigenvalue weighted by Gasteiger charge is 2.23. The molecule has 1 aliphatic heterocycles. The molecule has 0 radical (unpaired) electrons. The van der Waals surface area contributed by atoms with Gasteiger partial charge in [0, 0.05) is 40.4 Å². The first-order chi connectivity index (χ1) is 9.74. The van der Waals surface area contributed by atoms with Crippen molar-refractivity contribution in [3.05, 3.63) is 28.8 Å². The van der Waals surface area contributed by atoms with Crippen LogP contribution in [-0.4, -0.2) is 46.6 Å². The maximum Gasteiger partial charge on any atom is 0.0762 e. The standard InChI is InChI=1S/C15H23ClN2O2/c1-19-8-6-17-10-12-3-4-15(14(16)9-12)18-7-5-13(11-18)20-2/h3-4,9,13,17H,5-8,10-11H2,1-2H3. The monoisotopic (exact) mass is 298 g/mol. The lowest BCUT2D eigenvalue weighted by Crippen LogP contribution is -2.22. The first-order valence-electron chi connectivity index (χ1n) is 7.00. The van der Waals surface area contributed by atoms with Gasteiger partial charge in [0.1, 0.15) is 0 Å². The predicted octanol–water partition coefficient (Wildman–Crippen LogP) is 2.30. The molecule has 20 heavy (non-hydrogen) atoms. The zero-order chi connectivity index (χ0) is 14.4. The molecule has 1 heterocycles. The zero-order valence-corrected chi connectivity index (χ0v) is 12.9. The topological polar surface area (TPSA) is 33.7 Å². The molecule has 4 nitrogen and oxygen atoms in total. The highest BCUT2D eigenvalue weighted by atomic mass is 35.5. The van der Waals surface area contributed by atoms with Crippen LogP contribution in [0.3, 0.4) is 0 Å². The van der Waals surface area contributed by atoms with Gasteiger partial charge in [-0.25, -0.2) is 0 Å². The van der Waals surface area contributed by atoms with Gasteiger partial charge in [-0.05, 0) is 24.1 Å². The number of hydrogen-bond donors (Lipinski definition) is 1. The Morgan fingerprint density at radius 1 is 1.40 bits per heavy atom. The number of rotatable bonds is 7. The molecule has 112 valence electrons. The Morgan fingerprint density at radius 2 is 2.25 bits per heavy atom. The van der Waals surface area contributed by atoms with Crippen molar-refractivity contribution in [2.45, 2.75) is 19.1 Å². The quantitative estimate of drug-likeness (QED) is 0.783. The molecule has 1 N–H and O–H groups in total. The molecule has 1 aromatic rings. The third-order valence-electron chi connectivity index (χ3n) is 3.64. The molecule has 1 atom stereocenters. The van der Waals surface area contributed by atoms with Crippen LogP contribution in [0.25, 0.3) is 0 Å². The average molecular weight is 299 g/mol. The molecule has 1 aromatic carbocycles. The summed E-state index contributed by atoms with van der Waals surface area (Å²) in [7, 11) is 3.47. The second-order valence-corrected chi connectivity index (χ2v) is 5.45. The normalized spacial score (nSPS) is 18.8. The van der Waals surface area contributed by atoms with Gasteiger partial charge in [-0.3, -0.25) is 0 Å². The second-order valence-electron chi connectivity index (χ2n) is 5.05. The van der Waals surface area contributed by atoms with E-state index in [0.29, 0.717) is 6.10 Å². The molecule has 1 aliphatic rings. The maximum absolute atomic E-state index is 6.41. The average Bonchev–Trinajstić information content (AvgIpc) is 2.92. The van der Waals surface area contributed by atoms with Crippen LogP contribution in [0.5, 0.6) is 0 Å². The van der Waals surface area contributed by atoms with E-state index in [-0.39, 0.29) is 0 Å². The molecule has 0 bridgehead atoms. The fraction of sp³-hybridized carbons (Fsp3) is 0.600. The Balaban J connectivity index is 1.92. The molecule has 1 unspecified atom stereocenters. The smallest absolute Gasteiger partial charge is 0.0762 e. The highest BCUT2D eigenvalue weighted by Crippen LogP contribution is 2.30. The summed E-state index contributed by atoms with van der Waals surface area (Å²) in [5.41, 5.74) is 2.30. The minimum Gasteiger partial charge on any atom is -0.383 e. The number of anilines is 1. The first kappa shape index (κ1) is 15.6. The molecule has 1 saturated heterocycles. The Bertz CT molecular complexity index is 428. The van der Waals surface area contributed by atoms with Crippen LogP contribution in [0.4, 0.5) is 5.69 Å². The fourth-order valence-corrected chi connectivity index (χ4v) is 2.79. The van der Waals surface area contributed by atoms with Gasteiger partial charge >= 0.3 is 0 Å². The van der Waals surface area contributed by atoms with Crippen LogP contribution in [0, 0.1) is 0 Å². The van der Waals surface area contributed by atoms with Gasteiger partial charge in [0.15, 0.2) is 0 Å². The molecule has 1 fully saturated rings. The van der Waals surface area contributed by atoms with Gasteiger partial charge in [0.05, 0.1) is 23.4 Å².